The van der Waals surface area contributed by atoms with Crippen LogP contribution in [0.4, 0.5) is 5.69 Å². The van der Waals surface area contributed by atoms with Gasteiger partial charge in [0.05, 0.1) is 13.0 Å². The molecule has 0 bridgehead atoms. The van der Waals surface area contributed by atoms with E-state index in [9.17, 15) is 9.59 Å². The van der Waals surface area contributed by atoms with Crippen LogP contribution in [-0.2, 0) is 4.79 Å². The number of benzene rings is 2. The summed E-state index contributed by atoms with van der Waals surface area (Å²) in [6.45, 7) is 5.78. The molecule has 4 nitrogen and oxygen atoms in total. The van der Waals surface area contributed by atoms with Crippen molar-refractivity contribution in [1.82, 2.24) is 0 Å². The van der Waals surface area contributed by atoms with Gasteiger partial charge in [0, 0.05) is 11.3 Å². The Morgan fingerprint density at radius 2 is 1.87 bits per heavy atom. The SMILES string of the molecule is CC(=O)c1cccc(NC(=O)CCOc2cc(C)ccc2C)c1. The lowest BCUT2D eigenvalue weighted by atomic mass is 10.1. The zero-order chi connectivity index (χ0) is 16.8. The van der Waals surface area contributed by atoms with Crippen molar-refractivity contribution in [2.24, 2.45) is 0 Å². The Kier molecular flexibility index (Phi) is 5.52. The van der Waals surface area contributed by atoms with E-state index in [0.29, 0.717) is 17.9 Å². The molecule has 0 aliphatic heterocycles. The molecule has 2 aromatic carbocycles. The minimum atomic E-state index is -0.143. The number of hydrogen-bond donors (Lipinski definition) is 1. The number of aryl methyl sites for hydroxylation is 2. The third-order valence-electron chi connectivity index (χ3n) is 3.48. The first-order valence-corrected chi connectivity index (χ1v) is 7.56. The molecule has 23 heavy (non-hydrogen) atoms. The monoisotopic (exact) mass is 311 g/mol. The van der Waals surface area contributed by atoms with E-state index in [2.05, 4.69) is 5.32 Å². The van der Waals surface area contributed by atoms with Crippen molar-refractivity contribution >= 4 is 17.4 Å². The third-order valence-corrected chi connectivity index (χ3v) is 3.48. The molecular weight excluding hydrogens is 290 g/mol. The minimum Gasteiger partial charge on any atom is -0.493 e. The van der Waals surface area contributed by atoms with Crippen LogP contribution in [0.1, 0.15) is 34.8 Å². The van der Waals surface area contributed by atoms with Crippen molar-refractivity contribution < 1.29 is 14.3 Å². The van der Waals surface area contributed by atoms with E-state index < -0.39 is 0 Å². The van der Waals surface area contributed by atoms with Crippen LogP contribution in [0.5, 0.6) is 5.75 Å². The highest BCUT2D eigenvalue weighted by Crippen LogP contribution is 2.19. The Hall–Kier alpha value is -2.62. The lowest BCUT2D eigenvalue weighted by molar-refractivity contribution is -0.116. The Morgan fingerprint density at radius 1 is 1.09 bits per heavy atom. The second-order valence-corrected chi connectivity index (χ2v) is 5.55. The van der Waals surface area contributed by atoms with Gasteiger partial charge in [-0.25, -0.2) is 0 Å². The number of carbonyl (C=O) groups is 2. The van der Waals surface area contributed by atoms with Crippen LogP contribution in [0.3, 0.4) is 0 Å². The van der Waals surface area contributed by atoms with Gasteiger partial charge in [-0.05, 0) is 50.1 Å². The maximum Gasteiger partial charge on any atom is 0.227 e. The summed E-state index contributed by atoms with van der Waals surface area (Å²) < 4.78 is 5.67. The average molecular weight is 311 g/mol. The summed E-state index contributed by atoms with van der Waals surface area (Å²) in [4.78, 5) is 23.3. The number of hydrogen-bond acceptors (Lipinski definition) is 3. The van der Waals surface area contributed by atoms with E-state index in [4.69, 9.17) is 4.74 Å². The molecule has 0 atom stereocenters. The topological polar surface area (TPSA) is 55.4 Å². The summed E-state index contributed by atoms with van der Waals surface area (Å²) in [7, 11) is 0. The third kappa shape index (κ3) is 4.95. The predicted molar refractivity (Wildman–Crippen MR) is 91.1 cm³/mol. The van der Waals surface area contributed by atoms with Crippen molar-refractivity contribution in [3.63, 3.8) is 0 Å². The van der Waals surface area contributed by atoms with Crippen LogP contribution >= 0.6 is 0 Å². The van der Waals surface area contributed by atoms with Crippen LogP contribution in [0.2, 0.25) is 0 Å². The largest absolute Gasteiger partial charge is 0.493 e. The summed E-state index contributed by atoms with van der Waals surface area (Å²) >= 11 is 0. The van der Waals surface area contributed by atoms with Gasteiger partial charge in [-0.2, -0.15) is 0 Å². The van der Waals surface area contributed by atoms with Crippen molar-refractivity contribution in [2.75, 3.05) is 11.9 Å². The van der Waals surface area contributed by atoms with Gasteiger partial charge in [0.2, 0.25) is 5.91 Å². The van der Waals surface area contributed by atoms with E-state index in [-0.39, 0.29) is 18.1 Å². The molecule has 0 heterocycles. The lowest BCUT2D eigenvalue weighted by Gasteiger charge is -2.10. The lowest BCUT2D eigenvalue weighted by Crippen LogP contribution is -2.15. The highest BCUT2D eigenvalue weighted by atomic mass is 16.5. The number of ketones is 1. The maximum atomic E-state index is 12.0. The summed E-state index contributed by atoms with van der Waals surface area (Å²) in [6, 6.07) is 12.9. The van der Waals surface area contributed by atoms with E-state index in [1.807, 2.05) is 32.0 Å². The van der Waals surface area contributed by atoms with Crippen LogP contribution in [0.25, 0.3) is 0 Å². The number of nitrogens with one attached hydrogen (secondary N) is 1. The van der Waals surface area contributed by atoms with Gasteiger partial charge in [0.25, 0.3) is 0 Å². The van der Waals surface area contributed by atoms with Gasteiger partial charge in [0.15, 0.2) is 5.78 Å². The van der Waals surface area contributed by atoms with Crippen molar-refractivity contribution in [2.45, 2.75) is 27.2 Å². The van der Waals surface area contributed by atoms with Crippen molar-refractivity contribution in [3.8, 4) is 5.75 Å². The molecule has 1 N–H and O–H groups in total. The minimum absolute atomic E-state index is 0.0284. The molecule has 1 amide bonds. The van der Waals surface area contributed by atoms with Gasteiger partial charge < -0.3 is 10.1 Å². The first kappa shape index (κ1) is 16.7. The van der Waals surface area contributed by atoms with E-state index in [1.54, 1.807) is 24.3 Å². The normalized spacial score (nSPS) is 10.2. The molecule has 120 valence electrons. The fourth-order valence-electron chi connectivity index (χ4n) is 2.16. The maximum absolute atomic E-state index is 12.0. The van der Waals surface area contributed by atoms with Gasteiger partial charge in [-0.1, -0.05) is 24.3 Å². The van der Waals surface area contributed by atoms with Crippen molar-refractivity contribution in [1.29, 1.82) is 0 Å². The number of rotatable bonds is 6. The Labute approximate surface area is 136 Å². The summed E-state index contributed by atoms with van der Waals surface area (Å²) in [5, 5.41) is 2.78. The molecule has 0 aliphatic rings. The molecule has 0 unspecified atom stereocenters. The predicted octanol–water partition coefficient (Wildman–Crippen LogP) is 3.91. The van der Waals surface area contributed by atoms with Gasteiger partial charge in [0.1, 0.15) is 5.75 Å². The smallest absolute Gasteiger partial charge is 0.227 e. The Balaban J connectivity index is 1.87. The van der Waals surface area contributed by atoms with Crippen LogP contribution in [0, 0.1) is 13.8 Å². The standard InChI is InChI=1S/C19H21NO3/c1-13-7-8-14(2)18(11-13)23-10-9-19(22)20-17-6-4-5-16(12-17)15(3)21/h4-8,11-12H,9-10H2,1-3H3,(H,20,22). The molecule has 0 aromatic heterocycles. The quantitative estimate of drug-likeness (QED) is 0.823. The number of ether oxygens (including phenoxy) is 1. The van der Waals surface area contributed by atoms with Gasteiger partial charge in [-0.3, -0.25) is 9.59 Å². The van der Waals surface area contributed by atoms with Gasteiger partial charge in [-0.15, -0.1) is 0 Å². The molecule has 0 fully saturated rings. The first-order valence-electron chi connectivity index (χ1n) is 7.56. The molecule has 4 heteroatoms. The van der Waals surface area contributed by atoms with E-state index in [0.717, 1.165) is 16.9 Å². The number of anilines is 1. The highest BCUT2D eigenvalue weighted by Gasteiger charge is 2.06. The Bertz CT molecular complexity index is 722. The first-order chi connectivity index (χ1) is 11.0. The van der Waals surface area contributed by atoms with Gasteiger partial charge >= 0.3 is 0 Å². The molecule has 2 rings (SSSR count). The zero-order valence-electron chi connectivity index (χ0n) is 13.7. The van der Waals surface area contributed by atoms with Crippen LogP contribution < -0.4 is 10.1 Å². The second-order valence-electron chi connectivity index (χ2n) is 5.55. The second kappa shape index (κ2) is 7.58. The number of Topliss-reactive ketones (excluding diaryl/α,β-unsaturated/α-hetero) is 1. The fraction of sp³-hybridized carbons (Fsp3) is 0.263. The highest BCUT2D eigenvalue weighted by molar-refractivity contribution is 5.97. The molecule has 2 aromatic rings. The fourth-order valence-corrected chi connectivity index (χ4v) is 2.16. The Morgan fingerprint density at radius 3 is 2.61 bits per heavy atom. The summed E-state index contributed by atoms with van der Waals surface area (Å²) in [5.74, 6) is 0.631. The van der Waals surface area contributed by atoms with Crippen LogP contribution in [-0.4, -0.2) is 18.3 Å². The summed E-state index contributed by atoms with van der Waals surface area (Å²) in [5.41, 5.74) is 3.37. The average Bonchev–Trinajstić information content (AvgIpc) is 2.51. The molecule has 0 radical (unpaired) electrons. The van der Waals surface area contributed by atoms with Crippen LogP contribution in [0.15, 0.2) is 42.5 Å². The molecule has 0 saturated heterocycles. The molecule has 0 saturated carbocycles. The summed E-state index contributed by atoms with van der Waals surface area (Å²) in [6.07, 6.45) is 0.248. The number of amides is 1. The van der Waals surface area contributed by atoms with Crippen molar-refractivity contribution in [3.05, 3.63) is 59.2 Å². The molecule has 0 spiro atoms. The zero-order valence-corrected chi connectivity index (χ0v) is 13.7. The molecule has 0 aliphatic carbocycles. The van der Waals surface area contributed by atoms with E-state index >= 15 is 0 Å². The van der Waals surface area contributed by atoms with E-state index in [1.165, 1.54) is 6.92 Å². The number of carbonyl (C=O) groups excluding carboxylic acids is 2. The molecular formula is C19H21NO3.